The second-order valence-electron chi connectivity index (χ2n) is 5.67. The number of benzene rings is 1. The first-order chi connectivity index (χ1) is 12.4. The number of hydrogen-bond acceptors (Lipinski definition) is 6. The maximum Gasteiger partial charge on any atom is 0.324 e. The Labute approximate surface area is 153 Å². The minimum Gasteiger partial charge on any atom is -0.508 e. The smallest absolute Gasteiger partial charge is 0.324 e. The third kappa shape index (κ3) is 4.59. The predicted octanol–water partition coefficient (Wildman–Crippen LogP) is 1.97. The lowest BCUT2D eigenvalue weighted by molar-refractivity contribution is -0.145. The molecule has 0 aliphatic rings. The number of pyridine rings is 1. The average molecular weight is 378 g/mol. The highest BCUT2D eigenvalue weighted by atomic mass is 32.2. The van der Waals surface area contributed by atoms with Crippen molar-refractivity contribution in [3.63, 3.8) is 0 Å². The Morgan fingerprint density at radius 2 is 1.96 bits per heavy atom. The van der Waals surface area contributed by atoms with E-state index >= 15 is 0 Å². The maximum absolute atomic E-state index is 13.1. The summed E-state index contributed by atoms with van der Waals surface area (Å²) in [6.07, 6.45) is 3.97. The van der Waals surface area contributed by atoms with E-state index in [1.54, 1.807) is 25.4 Å². The van der Waals surface area contributed by atoms with Gasteiger partial charge >= 0.3 is 5.97 Å². The second-order valence-corrected chi connectivity index (χ2v) is 7.56. The van der Waals surface area contributed by atoms with Gasteiger partial charge in [0, 0.05) is 18.9 Å². The Hall–Kier alpha value is -2.45. The Bertz CT molecular complexity index is 822. The number of hydrogen-bond donors (Lipinski definition) is 1. The van der Waals surface area contributed by atoms with Gasteiger partial charge in [-0.2, -0.15) is 4.31 Å². The molecule has 0 saturated carbocycles. The van der Waals surface area contributed by atoms with Crippen molar-refractivity contribution in [3.8, 4) is 5.75 Å². The van der Waals surface area contributed by atoms with Crippen LogP contribution in [0.1, 0.15) is 18.9 Å². The molecule has 2 aromatic rings. The van der Waals surface area contributed by atoms with Crippen molar-refractivity contribution in [2.24, 2.45) is 0 Å². The number of carbonyl (C=O) groups excluding carboxylic acids is 1. The molecule has 0 aliphatic carbocycles. The summed E-state index contributed by atoms with van der Waals surface area (Å²) in [5.74, 6) is -0.646. The van der Waals surface area contributed by atoms with E-state index in [4.69, 9.17) is 4.74 Å². The largest absolute Gasteiger partial charge is 0.508 e. The third-order valence-electron chi connectivity index (χ3n) is 3.99. The molecular weight excluding hydrogens is 356 g/mol. The van der Waals surface area contributed by atoms with Crippen LogP contribution in [0.25, 0.3) is 0 Å². The summed E-state index contributed by atoms with van der Waals surface area (Å²) < 4.78 is 32.2. The fraction of sp³-hybridized carbons (Fsp3) is 0.333. The zero-order chi connectivity index (χ0) is 19.2. The Morgan fingerprint density at radius 3 is 2.50 bits per heavy atom. The molecule has 7 nitrogen and oxygen atoms in total. The van der Waals surface area contributed by atoms with Crippen LogP contribution in [-0.4, -0.2) is 48.5 Å². The molecule has 0 radical (unpaired) electrons. The van der Waals surface area contributed by atoms with E-state index in [0.29, 0.717) is 6.42 Å². The van der Waals surface area contributed by atoms with E-state index in [1.807, 2.05) is 6.07 Å². The molecular formula is C18H22N2O5S. The van der Waals surface area contributed by atoms with E-state index < -0.39 is 22.0 Å². The number of phenols is 1. The number of carbonyl (C=O) groups is 1. The van der Waals surface area contributed by atoms with Gasteiger partial charge in [-0.05, 0) is 48.7 Å². The number of aromatic hydroxyl groups is 1. The summed E-state index contributed by atoms with van der Waals surface area (Å²) in [6.45, 7) is 1.83. The number of nitrogens with zero attached hydrogens (tertiary/aromatic N) is 2. The quantitative estimate of drug-likeness (QED) is 0.706. The maximum atomic E-state index is 13.1. The molecule has 2 rings (SSSR count). The summed E-state index contributed by atoms with van der Waals surface area (Å²) in [5.41, 5.74) is 0.859. The van der Waals surface area contributed by atoms with Gasteiger partial charge < -0.3 is 9.84 Å². The van der Waals surface area contributed by atoms with Crippen LogP contribution in [-0.2, 0) is 26.0 Å². The fourth-order valence-electron chi connectivity index (χ4n) is 2.61. The van der Waals surface area contributed by atoms with Crippen molar-refractivity contribution < 1.29 is 23.1 Å². The Balaban J connectivity index is 2.37. The number of sulfonamides is 1. The second kappa shape index (κ2) is 8.77. The number of phenolic OH excluding ortho intramolecular Hbond substituents is 1. The molecule has 1 heterocycles. The van der Waals surface area contributed by atoms with E-state index in [9.17, 15) is 18.3 Å². The van der Waals surface area contributed by atoms with Gasteiger partial charge in [-0.3, -0.25) is 9.78 Å². The number of ether oxygens (including phenoxy) is 1. The first-order valence-electron chi connectivity index (χ1n) is 8.17. The summed E-state index contributed by atoms with van der Waals surface area (Å²) in [7, 11) is -2.72. The Morgan fingerprint density at radius 1 is 1.27 bits per heavy atom. The van der Waals surface area contributed by atoms with Gasteiger partial charge in [-0.1, -0.05) is 13.0 Å². The summed E-state index contributed by atoms with van der Waals surface area (Å²) >= 11 is 0. The zero-order valence-corrected chi connectivity index (χ0v) is 15.5. The zero-order valence-electron chi connectivity index (χ0n) is 14.7. The molecule has 0 spiro atoms. The fourth-order valence-corrected chi connectivity index (χ4v) is 4.26. The van der Waals surface area contributed by atoms with Crippen molar-refractivity contribution in [1.29, 1.82) is 0 Å². The standard InChI is InChI=1S/C18H22N2O5S/c1-3-17(18(22)25-2)20(12-10-14-5-4-11-19-13-14)26(23,24)16-8-6-15(21)7-9-16/h4-9,11,13,17,21H,3,10,12H2,1-2H3/t17-/m1/s1. The molecule has 1 N–H and O–H groups in total. The lowest BCUT2D eigenvalue weighted by Gasteiger charge is -2.28. The highest BCUT2D eigenvalue weighted by Crippen LogP contribution is 2.23. The highest BCUT2D eigenvalue weighted by molar-refractivity contribution is 7.89. The van der Waals surface area contributed by atoms with Crippen molar-refractivity contribution >= 4 is 16.0 Å². The first kappa shape index (κ1) is 19.9. The van der Waals surface area contributed by atoms with Crippen molar-refractivity contribution in [1.82, 2.24) is 9.29 Å². The van der Waals surface area contributed by atoms with Crippen LogP contribution in [0.2, 0.25) is 0 Å². The van der Waals surface area contributed by atoms with Crippen molar-refractivity contribution in [2.45, 2.75) is 30.7 Å². The van der Waals surface area contributed by atoms with Gasteiger partial charge in [0.15, 0.2) is 0 Å². The summed E-state index contributed by atoms with van der Waals surface area (Å²) in [5, 5.41) is 9.41. The molecule has 1 atom stereocenters. The minimum absolute atomic E-state index is 0.00356. The van der Waals surface area contributed by atoms with Crippen LogP contribution < -0.4 is 0 Å². The Kier molecular flexibility index (Phi) is 6.70. The summed E-state index contributed by atoms with van der Waals surface area (Å²) in [4.78, 5) is 16.2. The van der Waals surface area contributed by atoms with Crippen LogP contribution >= 0.6 is 0 Å². The van der Waals surface area contributed by atoms with Crippen LogP contribution in [0.3, 0.4) is 0 Å². The van der Waals surface area contributed by atoms with Crippen LogP contribution in [0.5, 0.6) is 5.75 Å². The van der Waals surface area contributed by atoms with E-state index in [1.165, 1.54) is 31.4 Å². The molecule has 0 fully saturated rings. The molecule has 0 bridgehead atoms. The first-order valence-corrected chi connectivity index (χ1v) is 9.61. The molecule has 140 valence electrons. The van der Waals surface area contributed by atoms with Crippen LogP contribution in [0.15, 0.2) is 53.7 Å². The topological polar surface area (TPSA) is 96.8 Å². The molecule has 0 saturated heterocycles. The molecule has 26 heavy (non-hydrogen) atoms. The molecule has 0 aliphatic heterocycles. The van der Waals surface area contributed by atoms with E-state index in [-0.39, 0.29) is 23.6 Å². The number of aromatic nitrogens is 1. The van der Waals surface area contributed by atoms with Crippen LogP contribution in [0, 0.1) is 0 Å². The van der Waals surface area contributed by atoms with Gasteiger partial charge in [0.1, 0.15) is 11.8 Å². The lowest BCUT2D eigenvalue weighted by Crippen LogP contribution is -2.46. The molecule has 1 aromatic carbocycles. The predicted molar refractivity (Wildman–Crippen MR) is 96.0 cm³/mol. The van der Waals surface area contributed by atoms with Gasteiger partial charge in [-0.25, -0.2) is 8.42 Å². The number of esters is 1. The van der Waals surface area contributed by atoms with Gasteiger partial charge in [0.25, 0.3) is 0 Å². The van der Waals surface area contributed by atoms with Crippen molar-refractivity contribution in [2.75, 3.05) is 13.7 Å². The van der Waals surface area contributed by atoms with Crippen molar-refractivity contribution in [3.05, 3.63) is 54.4 Å². The number of rotatable bonds is 8. The highest BCUT2D eigenvalue weighted by Gasteiger charge is 2.35. The monoisotopic (exact) mass is 378 g/mol. The molecule has 1 aromatic heterocycles. The molecule has 0 amide bonds. The summed E-state index contributed by atoms with van der Waals surface area (Å²) in [6, 6.07) is 7.90. The molecule has 0 unspecified atom stereocenters. The van der Waals surface area contributed by atoms with Gasteiger partial charge in [0.2, 0.25) is 10.0 Å². The SMILES string of the molecule is CC[C@H](C(=O)OC)N(CCc1cccnc1)S(=O)(=O)c1ccc(O)cc1. The minimum atomic E-state index is -3.95. The number of methoxy groups -OCH3 is 1. The van der Waals surface area contributed by atoms with E-state index in [2.05, 4.69) is 4.98 Å². The average Bonchev–Trinajstić information content (AvgIpc) is 2.65. The van der Waals surface area contributed by atoms with Crippen LogP contribution in [0.4, 0.5) is 0 Å². The third-order valence-corrected chi connectivity index (χ3v) is 5.92. The van der Waals surface area contributed by atoms with Gasteiger partial charge in [-0.15, -0.1) is 0 Å². The van der Waals surface area contributed by atoms with E-state index in [0.717, 1.165) is 9.87 Å². The normalized spacial score (nSPS) is 12.7. The lowest BCUT2D eigenvalue weighted by atomic mass is 10.2. The van der Waals surface area contributed by atoms with Gasteiger partial charge in [0.05, 0.1) is 12.0 Å². The molecule has 8 heteroatoms.